The summed E-state index contributed by atoms with van der Waals surface area (Å²) in [6.07, 6.45) is 0. The van der Waals surface area contributed by atoms with E-state index >= 15 is 0 Å². The number of nitrogens with zero attached hydrogens (tertiary/aromatic N) is 1. The number of fused-ring (bicyclic) bond motifs is 16. The van der Waals surface area contributed by atoms with E-state index in [1.807, 2.05) is 0 Å². The molecule has 0 aliphatic heterocycles. The minimum atomic E-state index is -0.574. The summed E-state index contributed by atoms with van der Waals surface area (Å²) in [5, 5.41) is 0. The van der Waals surface area contributed by atoms with Crippen LogP contribution in [-0.2, 0) is 10.8 Å². The van der Waals surface area contributed by atoms with E-state index < -0.39 is 10.8 Å². The lowest BCUT2D eigenvalue weighted by Gasteiger charge is -2.48. The molecule has 3 aliphatic rings. The van der Waals surface area contributed by atoms with Crippen molar-refractivity contribution in [3.05, 3.63) is 317 Å². The summed E-state index contributed by atoms with van der Waals surface area (Å²) >= 11 is 0. The highest BCUT2D eigenvalue weighted by molar-refractivity contribution is 5.97. The van der Waals surface area contributed by atoms with E-state index in [0.29, 0.717) is 0 Å². The van der Waals surface area contributed by atoms with Gasteiger partial charge in [-0.2, -0.15) is 0 Å². The van der Waals surface area contributed by atoms with Crippen LogP contribution in [0.3, 0.4) is 0 Å². The summed E-state index contributed by atoms with van der Waals surface area (Å²) in [5.41, 5.74) is 25.1. The van der Waals surface area contributed by atoms with Crippen LogP contribution in [0.25, 0.3) is 55.6 Å². The fourth-order valence-electron chi connectivity index (χ4n) is 12.7. The standard InChI is InChI=1S/C68H45N/c1-4-22-46(23-5-1)49-42-50(47-24-6-2-7-25-47)44-52(43-49)69(66-39-21-13-28-53(66)48-26-8-3-9-27-48)51-40-41-61-57(45-51)56-31-12-16-34-60(56)68(61)64-37-19-17-35-62(64)67(63-36-18-20-38-65(63)68)58-32-14-10-29-54(58)55-30-11-15-33-59(55)67/h1-45H. The summed E-state index contributed by atoms with van der Waals surface area (Å²) < 4.78 is 0. The molecule has 0 unspecified atom stereocenters. The maximum atomic E-state index is 2.50. The van der Waals surface area contributed by atoms with Crippen LogP contribution in [0.1, 0.15) is 44.5 Å². The number of hydrogen-bond donors (Lipinski definition) is 0. The molecule has 0 atom stereocenters. The third kappa shape index (κ3) is 5.59. The molecule has 0 aromatic heterocycles. The SMILES string of the molecule is c1ccc(-c2cc(-c3ccccc3)cc(N(c3ccc4c(c3)-c3ccccc3C43c4ccccc4C4(c5ccccc5-c5ccccc54)c4ccccc43)c3ccccc3-c3ccccc3)c2)cc1. The lowest BCUT2D eigenvalue weighted by atomic mass is 9.52. The molecule has 3 aliphatic carbocycles. The maximum absolute atomic E-state index is 2.50. The van der Waals surface area contributed by atoms with Crippen LogP contribution >= 0.6 is 0 Å². The van der Waals surface area contributed by atoms with Crippen molar-refractivity contribution in [3.8, 4) is 55.6 Å². The predicted molar refractivity (Wildman–Crippen MR) is 286 cm³/mol. The van der Waals surface area contributed by atoms with Crippen molar-refractivity contribution in [1.29, 1.82) is 0 Å². The number of para-hydroxylation sites is 1. The lowest BCUT2D eigenvalue weighted by Crippen LogP contribution is -2.43. The molecule has 322 valence electrons. The lowest BCUT2D eigenvalue weighted by molar-refractivity contribution is 0.633. The molecule has 11 aromatic carbocycles. The van der Waals surface area contributed by atoms with E-state index in [1.165, 1.54) is 100 Å². The van der Waals surface area contributed by atoms with E-state index in [2.05, 4.69) is 278 Å². The third-order valence-electron chi connectivity index (χ3n) is 15.3. The van der Waals surface area contributed by atoms with E-state index in [-0.39, 0.29) is 0 Å². The average molecular weight is 876 g/mol. The summed E-state index contributed by atoms with van der Waals surface area (Å²) in [4.78, 5) is 2.50. The Hall–Kier alpha value is -8.78. The van der Waals surface area contributed by atoms with Gasteiger partial charge in [-0.1, -0.05) is 237 Å². The Morgan fingerprint density at radius 2 is 0.551 bits per heavy atom. The summed E-state index contributed by atoms with van der Waals surface area (Å²) in [5.74, 6) is 0. The number of anilines is 3. The van der Waals surface area contributed by atoms with Gasteiger partial charge in [-0.3, -0.25) is 0 Å². The molecular formula is C68H45N. The zero-order valence-corrected chi connectivity index (χ0v) is 37.9. The van der Waals surface area contributed by atoms with Gasteiger partial charge in [-0.25, -0.2) is 0 Å². The van der Waals surface area contributed by atoms with Crippen molar-refractivity contribution in [2.24, 2.45) is 0 Å². The Labute approximate surface area is 403 Å². The second kappa shape index (κ2) is 15.4. The average Bonchev–Trinajstić information content (AvgIpc) is 3.89. The zero-order chi connectivity index (χ0) is 45.5. The highest BCUT2D eigenvalue weighted by atomic mass is 15.1. The number of benzene rings is 11. The van der Waals surface area contributed by atoms with Crippen molar-refractivity contribution in [3.63, 3.8) is 0 Å². The van der Waals surface area contributed by atoms with Crippen molar-refractivity contribution < 1.29 is 0 Å². The molecule has 1 heteroatoms. The van der Waals surface area contributed by atoms with Gasteiger partial charge in [-0.05, 0) is 131 Å². The smallest absolute Gasteiger partial charge is 0.0720 e. The van der Waals surface area contributed by atoms with Gasteiger partial charge in [0, 0.05) is 16.9 Å². The van der Waals surface area contributed by atoms with E-state index in [4.69, 9.17) is 0 Å². The van der Waals surface area contributed by atoms with Crippen LogP contribution in [0, 0.1) is 0 Å². The Morgan fingerprint density at radius 1 is 0.203 bits per heavy atom. The molecule has 2 spiro atoms. The normalized spacial score (nSPS) is 13.7. The minimum absolute atomic E-state index is 0.485. The Bertz CT molecular complexity index is 3640. The molecule has 0 saturated heterocycles. The first-order valence-corrected chi connectivity index (χ1v) is 24.1. The summed E-state index contributed by atoms with van der Waals surface area (Å²) in [6, 6.07) is 102. The van der Waals surface area contributed by atoms with Gasteiger partial charge in [0.15, 0.2) is 0 Å². The van der Waals surface area contributed by atoms with Crippen molar-refractivity contribution >= 4 is 17.1 Å². The molecule has 0 amide bonds. The van der Waals surface area contributed by atoms with Gasteiger partial charge in [0.1, 0.15) is 0 Å². The molecule has 69 heavy (non-hydrogen) atoms. The molecule has 0 heterocycles. The van der Waals surface area contributed by atoms with Crippen LogP contribution in [0.2, 0.25) is 0 Å². The van der Waals surface area contributed by atoms with Crippen LogP contribution in [0.4, 0.5) is 17.1 Å². The van der Waals surface area contributed by atoms with Crippen LogP contribution in [0.15, 0.2) is 273 Å². The molecule has 14 rings (SSSR count). The highest BCUT2D eigenvalue weighted by Gasteiger charge is 2.58. The van der Waals surface area contributed by atoms with Gasteiger partial charge >= 0.3 is 0 Å². The number of hydrogen-bond acceptors (Lipinski definition) is 1. The van der Waals surface area contributed by atoms with E-state index in [0.717, 1.165) is 17.1 Å². The Balaban J connectivity index is 1.05. The zero-order valence-electron chi connectivity index (χ0n) is 37.9. The van der Waals surface area contributed by atoms with Crippen LogP contribution < -0.4 is 4.90 Å². The summed E-state index contributed by atoms with van der Waals surface area (Å²) in [6.45, 7) is 0. The predicted octanol–water partition coefficient (Wildman–Crippen LogP) is 17.2. The molecule has 0 radical (unpaired) electrons. The molecule has 0 N–H and O–H groups in total. The fraction of sp³-hybridized carbons (Fsp3) is 0.0294. The van der Waals surface area contributed by atoms with Crippen LogP contribution in [0.5, 0.6) is 0 Å². The molecule has 11 aromatic rings. The van der Waals surface area contributed by atoms with Crippen LogP contribution in [-0.4, -0.2) is 0 Å². The second-order valence-electron chi connectivity index (χ2n) is 18.7. The van der Waals surface area contributed by atoms with E-state index in [9.17, 15) is 0 Å². The molecule has 0 bridgehead atoms. The number of rotatable bonds is 6. The van der Waals surface area contributed by atoms with Crippen molar-refractivity contribution in [1.82, 2.24) is 0 Å². The molecule has 0 fully saturated rings. The van der Waals surface area contributed by atoms with Gasteiger partial charge < -0.3 is 4.90 Å². The summed E-state index contributed by atoms with van der Waals surface area (Å²) in [7, 11) is 0. The van der Waals surface area contributed by atoms with Gasteiger partial charge in [0.2, 0.25) is 0 Å². The highest BCUT2D eigenvalue weighted by Crippen LogP contribution is 2.67. The first-order valence-electron chi connectivity index (χ1n) is 24.1. The van der Waals surface area contributed by atoms with Gasteiger partial charge in [0.05, 0.1) is 16.5 Å². The second-order valence-corrected chi connectivity index (χ2v) is 18.7. The molecule has 1 nitrogen and oxygen atoms in total. The fourth-order valence-corrected chi connectivity index (χ4v) is 12.7. The van der Waals surface area contributed by atoms with Gasteiger partial charge in [-0.15, -0.1) is 0 Å². The molecule has 0 saturated carbocycles. The Morgan fingerprint density at radius 3 is 1.01 bits per heavy atom. The third-order valence-corrected chi connectivity index (χ3v) is 15.3. The topological polar surface area (TPSA) is 3.24 Å². The van der Waals surface area contributed by atoms with Crippen molar-refractivity contribution in [2.75, 3.05) is 4.90 Å². The largest absolute Gasteiger partial charge is 0.310 e. The minimum Gasteiger partial charge on any atom is -0.310 e. The maximum Gasteiger partial charge on any atom is 0.0720 e. The van der Waals surface area contributed by atoms with E-state index in [1.54, 1.807) is 0 Å². The quantitative estimate of drug-likeness (QED) is 0.161. The van der Waals surface area contributed by atoms with Gasteiger partial charge in [0.25, 0.3) is 0 Å². The monoisotopic (exact) mass is 875 g/mol. The first-order chi connectivity index (χ1) is 34.2. The first kappa shape index (κ1) is 39.4. The van der Waals surface area contributed by atoms with Crippen molar-refractivity contribution in [2.45, 2.75) is 10.8 Å². The Kier molecular flexibility index (Phi) is 8.78. The molecular weight excluding hydrogens is 831 g/mol.